The summed E-state index contributed by atoms with van der Waals surface area (Å²) in [5.41, 5.74) is 2.18. The van der Waals surface area contributed by atoms with E-state index < -0.39 is 0 Å². The van der Waals surface area contributed by atoms with Gasteiger partial charge in [0.05, 0.1) is 7.11 Å². The van der Waals surface area contributed by atoms with Crippen molar-refractivity contribution in [1.29, 1.82) is 0 Å². The van der Waals surface area contributed by atoms with Crippen LogP contribution in [0, 0.1) is 0 Å². The highest BCUT2D eigenvalue weighted by molar-refractivity contribution is 7.09. The summed E-state index contributed by atoms with van der Waals surface area (Å²) in [5, 5.41) is 4.72. The Bertz CT molecular complexity index is 1020. The highest BCUT2D eigenvalue weighted by atomic mass is 32.1. The van der Waals surface area contributed by atoms with E-state index in [4.69, 9.17) is 9.47 Å². The molecule has 2 aromatic carbocycles. The minimum Gasteiger partial charge on any atom is -0.493 e. The first kappa shape index (κ1) is 22.4. The van der Waals surface area contributed by atoms with E-state index in [9.17, 15) is 9.59 Å². The number of benzene rings is 2. The molecule has 1 heterocycles. The number of ether oxygens (including phenoxy) is 2. The van der Waals surface area contributed by atoms with Crippen LogP contribution in [0.4, 0.5) is 5.69 Å². The number of methoxy groups -OCH3 is 1. The molecule has 0 atom stereocenters. The molecule has 0 bridgehead atoms. The number of anilines is 1. The molecular formula is C24H26N2O4S. The van der Waals surface area contributed by atoms with Crippen molar-refractivity contribution in [1.82, 2.24) is 4.90 Å². The van der Waals surface area contributed by atoms with Crippen LogP contribution in [0.15, 0.2) is 60.0 Å². The second-order valence-electron chi connectivity index (χ2n) is 6.93. The van der Waals surface area contributed by atoms with Gasteiger partial charge in [0.15, 0.2) is 11.5 Å². The summed E-state index contributed by atoms with van der Waals surface area (Å²) in [4.78, 5) is 27.0. The Morgan fingerprint density at radius 1 is 1.06 bits per heavy atom. The first-order chi connectivity index (χ1) is 15.0. The van der Waals surface area contributed by atoms with Crippen molar-refractivity contribution >= 4 is 28.8 Å². The van der Waals surface area contributed by atoms with Gasteiger partial charge in [-0.25, -0.2) is 0 Å². The normalized spacial score (nSPS) is 10.4. The zero-order valence-corrected chi connectivity index (χ0v) is 18.7. The standard InChI is InChI=1S/C24H26N2O4S/c1-4-26(24(28)19-8-10-20(11-9-19)25-17(2)27)15-18-7-12-22(23(14-18)29-3)30-16-21-6-5-13-31-21/h5-14H,4,15-16H2,1-3H3,(H,25,27). The van der Waals surface area contributed by atoms with E-state index in [2.05, 4.69) is 5.32 Å². The zero-order valence-electron chi connectivity index (χ0n) is 17.9. The lowest BCUT2D eigenvalue weighted by Crippen LogP contribution is -2.30. The third-order valence-electron chi connectivity index (χ3n) is 4.67. The molecule has 1 aromatic heterocycles. The SMILES string of the molecule is CCN(Cc1ccc(OCc2cccs2)c(OC)c1)C(=O)c1ccc(NC(C)=O)cc1. The molecule has 0 saturated heterocycles. The predicted molar refractivity (Wildman–Crippen MR) is 123 cm³/mol. The van der Waals surface area contributed by atoms with Gasteiger partial charge >= 0.3 is 0 Å². The third kappa shape index (κ3) is 6.08. The average Bonchev–Trinajstić information content (AvgIpc) is 3.29. The van der Waals surface area contributed by atoms with Crippen LogP contribution in [-0.2, 0) is 17.9 Å². The highest BCUT2D eigenvalue weighted by Crippen LogP contribution is 2.30. The molecule has 0 aliphatic rings. The predicted octanol–water partition coefficient (Wildman–Crippen LogP) is 4.96. The van der Waals surface area contributed by atoms with E-state index in [0.717, 1.165) is 10.4 Å². The molecule has 0 aliphatic heterocycles. The maximum absolute atomic E-state index is 13.0. The Kier molecular flexibility index (Phi) is 7.67. The van der Waals surface area contributed by atoms with Crippen molar-refractivity contribution in [2.45, 2.75) is 27.0 Å². The smallest absolute Gasteiger partial charge is 0.254 e. The number of hydrogen-bond donors (Lipinski definition) is 1. The number of thiophene rings is 1. The molecule has 31 heavy (non-hydrogen) atoms. The summed E-state index contributed by atoms with van der Waals surface area (Å²) >= 11 is 1.64. The van der Waals surface area contributed by atoms with Crippen LogP contribution < -0.4 is 14.8 Å². The summed E-state index contributed by atoms with van der Waals surface area (Å²) in [6.45, 7) is 4.89. The number of amides is 2. The molecule has 0 unspecified atom stereocenters. The van der Waals surface area contributed by atoms with Crippen LogP contribution in [-0.4, -0.2) is 30.4 Å². The van der Waals surface area contributed by atoms with Crippen LogP contribution in [0.3, 0.4) is 0 Å². The van der Waals surface area contributed by atoms with Crippen molar-refractivity contribution in [3.05, 3.63) is 76.0 Å². The number of carbonyl (C=O) groups excluding carboxylic acids is 2. The van der Waals surface area contributed by atoms with Gasteiger partial charge in [-0.3, -0.25) is 9.59 Å². The number of nitrogens with zero attached hydrogens (tertiary/aromatic N) is 1. The Morgan fingerprint density at radius 3 is 2.45 bits per heavy atom. The quantitative estimate of drug-likeness (QED) is 0.513. The summed E-state index contributed by atoms with van der Waals surface area (Å²) in [6.07, 6.45) is 0. The molecule has 0 aliphatic carbocycles. The highest BCUT2D eigenvalue weighted by Gasteiger charge is 2.16. The fourth-order valence-electron chi connectivity index (χ4n) is 3.10. The molecule has 2 amide bonds. The van der Waals surface area contributed by atoms with E-state index in [-0.39, 0.29) is 11.8 Å². The van der Waals surface area contributed by atoms with E-state index >= 15 is 0 Å². The molecule has 0 fully saturated rings. The molecule has 0 saturated carbocycles. The lowest BCUT2D eigenvalue weighted by atomic mass is 10.1. The number of hydrogen-bond acceptors (Lipinski definition) is 5. The van der Waals surface area contributed by atoms with Crippen LogP contribution in [0.5, 0.6) is 11.5 Å². The summed E-state index contributed by atoms with van der Waals surface area (Å²) in [6, 6.07) is 16.6. The molecule has 3 rings (SSSR count). The van der Waals surface area contributed by atoms with Crippen molar-refractivity contribution in [3.8, 4) is 11.5 Å². The van der Waals surface area contributed by atoms with E-state index in [1.807, 2.05) is 42.6 Å². The number of carbonyl (C=O) groups is 2. The van der Waals surface area contributed by atoms with Gasteiger partial charge in [-0.05, 0) is 60.3 Å². The molecule has 0 spiro atoms. The van der Waals surface area contributed by atoms with Gasteiger partial charge in [-0.15, -0.1) is 11.3 Å². The lowest BCUT2D eigenvalue weighted by molar-refractivity contribution is -0.114. The monoisotopic (exact) mass is 438 g/mol. The fraction of sp³-hybridized carbons (Fsp3) is 0.250. The average molecular weight is 439 g/mol. The van der Waals surface area contributed by atoms with Crippen LogP contribution >= 0.6 is 11.3 Å². The molecule has 0 radical (unpaired) electrons. The van der Waals surface area contributed by atoms with Crippen LogP contribution in [0.2, 0.25) is 0 Å². The number of nitrogens with one attached hydrogen (secondary N) is 1. The van der Waals surface area contributed by atoms with Crippen LogP contribution in [0.1, 0.15) is 34.6 Å². The molecule has 1 N–H and O–H groups in total. The summed E-state index contributed by atoms with van der Waals surface area (Å²) in [7, 11) is 1.61. The molecule has 6 nitrogen and oxygen atoms in total. The Labute approximate surface area is 186 Å². The second-order valence-corrected chi connectivity index (χ2v) is 7.96. The Morgan fingerprint density at radius 2 is 1.84 bits per heavy atom. The van der Waals surface area contributed by atoms with Gasteiger partial charge in [-0.1, -0.05) is 12.1 Å². The van der Waals surface area contributed by atoms with Gasteiger partial charge < -0.3 is 19.7 Å². The lowest BCUT2D eigenvalue weighted by Gasteiger charge is -2.22. The largest absolute Gasteiger partial charge is 0.493 e. The Hall–Kier alpha value is -3.32. The minimum absolute atomic E-state index is 0.0751. The van der Waals surface area contributed by atoms with E-state index in [0.29, 0.717) is 42.4 Å². The van der Waals surface area contributed by atoms with E-state index in [1.54, 1.807) is 47.6 Å². The maximum Gasteiger partial charge on any atom is 0.254 e. The zero-order chi connectivity index (χ0) is 22.2. The van der Waals surface area contributed by atoms with Crippen molar-refractivity contribution in [3.63, 3.8) is 0 Å². The molecular weight excluding hydrogens is 412 g/mol. The summed E-state index contributed by atoms with van der Waals surface area (Å²) in [5.74, 6) is 1.08. The Balaban J connectivity index is 1.68. The second kappa shape index (κ2) is 10.6. The first-order valence-electron chi connectivity index (χ1n) is 9.99. The fourth-order valence-corrected chi connectivity index (χ4v) is 3.72. The number of rotatable bonds is 9. The van der Waals surface area contributed by atoms with Crippen molar-refractivity contribution < 1.29 is 19.1 Å². The minimum atomic E-state index is -0.147. The first-order valence-corrected chi connectivity index (χ1v) is 10.9. The summed E-state index contributed by atoms with van der Waals surface area (Å²) < 4.78 is 11.4. The molecule has 162 valence electrons. The van der Waals surface area contributed by atoms with Gasteiger partial charge in [0.2, 0.25) is 5.91 Å². The molecule has 7 heteroatoms. The van der Waals surface area contributed by atoms with Crippen molar-refractivity contribution in [2.24, 2.45) is 0 Å². The maximum atomic E-state index is 13.0. The van der Waals surface area contributed by atoms with Gasteiger partial charge in [0.25, 0.3) is 5.91 Å². The van der Waals surface area contributed by atoms with Gasteiger partial charge in [-0.2, -0.15) is 0 Å². The topological polar surface area (TPSA) is 67.9 Å². The van der Waals surface area contributed by atoms with Crippen molar-refractivity contribution in [2.75, 3.05) is 19.0 Å². The van der Waals surface area contributed by atoms with Gasteiger partial charge in [0.1, 0.15) is 6.61 Å². The third-order valence-corrected chi connectivity index (χ3v) is 5.52. The van der Waals surface area contributed by atoms with Crippen LogP contribution in [0.25, 0.3) is 0 Å². The van der Waals surface area contributed by atoms with Gasteiger partial charge in [0, 0.05) is 36.1 Å². The van der Waals surface area contributed by atoms with E-state index in [1.165, 1.54) is 6.92 Å². The molecule has 3 aromatic rings.